The summed E-state index contributed by atoms with van der Waals surface area (Å²) in [4.78, 5) is 12.6. The van der Waals surface area contributed by atoms with Gasteiger partial charge >= 0.3 is 0 Å². The summed E-state index contributed by atoms with van der Waals surface area (Å²) in [6.45, 7) is 3.69. The maximum Gasteiger partial charge on any atom is 0.255 e. The first-order chi connectivity index (χ1) is 11.8. The van der Waals surface area contributed by atoms with E-state index in [2.05, 4.69) is 5.32 Å². The monoisotopic (exact) mass is 381 g/mol. The molecule has 0 saturated carbocycles. The lowest BCUT2D eigenvalue weighted by Crippen LogP contribution is -2.29. The Balaban J connectivity index is 2.05. The molecule has 0 aliphatic rings. The van der Waals surface area contributed by atoms with Crippen LogP contribution < -0.4 is 10.1 Å². The predicted molar refractivity (Wildman–Crippen MR) is 98.0 cm³/mol. The molecule has 1 amide bonds. The summed E-state index contributed by atoms with van der Waals surface area (Å²) in [6, 6.07) is 12.9. The molecule has 0 radical (unpaired) electrons. The van der Waals surface area contributed by atoms with E-state index >= 15 is 0 Å². The zero-order valence-corrected chi connectivity index (χ0v) is 15.6. The van der Waals surface area contributed by atoms with Crippen LogP contribution in [0.3, 0.4) is 0 Å². The molecule has 0 aliphatic carbocycles. The summed E-state index contributed by atoms with van der Waals surface area (Å²) in [6.07, 6.45) is -0.105. The molecule has 0 aromatic heterocycles. The number of rotatable bonds is 7. The third-order valence-electron chi connectivity index (χ3n) is 3.31. The molecule has 0 atom stereocenters. The maximum atomic E-state index is 12.4. The normalized spacial score (nSPS) is 11.4. The Morgan fingerprint density at radius 3 is 2.48 bits per heavy atom. The molecule has 5 nitrogen and oxygen atoms in total. The zero-order chi connectivity index (χ0) is 18.4. The number of carbonyl (C=O) groups excluding carboxylic acids is 1. The van der Waals surface area contributed by atoms with Crippen molar-refractivity contribution in [2.75, 3.05) is 12.3 Å². The van der Waals surface area contributed by atoms with E-state index in [1.165, 1.54) is 18.2 Å². The van der Waals surface area contributed by atoms with Gasteiger partial charge in [-0.2, -0.15) is 0 Å². The Bertz CT molecular complexity index is 835. The lowest BCUT2D eigenvalue weighted by Gasteiger charge is -2.14. The van der Waals surface area contributed by atoms with Crippen LogP contribution in [0.2, 0.25) is 5.02 Å². The number of ether oxygens (including phenoxy) is 1. The number of sulfone groups is 1. The molecule has 0 unspecified atom stereocenters. The molecule has 134 valence electrons. The molecule has 0 aliphatic heterocycles. The fourth-order valence-electron chi connectivity index (χ4n) is 2.18. The van der Waals surface area contributed by atoms with E-state index in [1.807, 2.05) is 13.8 Å². The van der Waals surface area contributed by atoms with Crippen LogP contribution in [-0.2, 0) is 9.84 Å². The van der Waals surface area contributed by atoms with Crippen molar-refractivity contribution in [2.45, 2.75) is 24.8 Å². The molecule has 2 aromatic rings. The minimum atomic E-state index is -3.45. The van der Waals surface area contributed by atoms with Gasteiger partial charge in [0.1, 0.15) is 5.75 Å². The highest BCUT2D eigenvalue weighted by Crippen LogP contribution is 2.24. The number of halogens is 1. The van der Waals surface area contributed by atoms with Crippen LogP contribution in [0.4, 0.5) is 0 Å². The van der Waals surface area contributed by atoms with E-state index in [-0.39, 0.29) is 28.9 Å². The van der Waals surface area contributed by atoms with Gasteiger partial charge in [-0.25, -0.2) is 8.42 Å². The van der Waals surface area contributed by atoms with Crippen LogP contribution in [0.1, 0.15) is 24.2 Å². The first kappa shape index (κ1) is 19.3. The van der Waals surface area contributed by atoms with Gasteiger partial charge in [-0.15, -0.1) is 0 Å². The highest BCUT2D eigenvalue weighted by atomic mass is 35.5. The zero-order valence-electron chi connectivity index (χ0n) is 14.0. The van der Waals surface area contributed by atoms with Crippen molar-refractivity contribution in [1.29, 1.82) is 0 Å². The van der Waals surface area contributed by atoms with Crippen LogP contribution in [-0.4, -0.2) is 32.7 Å². The molecule has 25 heavy (non-hydrogen) atoms. The molecule has 7 heteroatoms. The molecule has 0 heterocycles. The van der Waals surface area contributed by atoms with E-state index in [9.17, 15) is 13.2 Å². The predicted octanol–water partition coefficient (Wildman–Crippen LogP) is 3.33. The van der Waals surface area contributed by atoms with Crippen LogP contribution in [0.15, 0.2) is 53.4 Å². The summed E-state index contributed by atoms with van der Waals surface area (Å²) < 4.78 is 30.0. The average Bonchev–Trinajstić information content (AvgIpc) is 2.56. The Morgan fingerprint density at radius 2 is 1.84 bits per heavy atom. The van der Waals surface area contributed by atoms with Crippen molar-refractivity contribution in [1.82, 2.24) is 5.32 Å². The largest absolute Gasteiger partial charge is 0.490 e. The van der Waals surface area contributed by atoms with Crippen molar-refractivity contribution >= 4 is 27.3 Å². The number of carbonyl (C=O) groups is 1. The van der Waals surface area contributed by atoms with Crippen molar-refractivity contribution in [2.24, 2.45) is 0 Å². The van der Waals surface area contributed by atoms with Gasteiger partial charge in [0.2, 0.25) is 0 Å². The van der Waals surface area contributed by atoms with Gasteiger partial charge in [0, 0.05) is 11.6 Å². The molecule has 1 N–H and O–H groups in total. The highest BCUT2D eigenvalue weighted by Gasteiger charge is 2.17. The van der Waals surface area contributed by atoms with Crippen molar-refractivity contribution < 1.29 is 17.9 Å². The van der Waals surface area contributed by atoms with Gasteiger partial charge in [0.15, 0.2) is 9.84 Å². The molecule has 2 rings (SSSR count). The van der Waals surface area contributed by atoms with Gasteiger partial charge < -0.3 is 10.1 Å². The highest BCUT2D eigenvalue weighted by molar-refractivity contribution is 7.91. The average molecular weight is 382 g/mol. The molecule has 0 bridgehead atoms. The minimum absolute atomic E-state index is 0.0102. The van der Waals surface area contributed by atoms with Crippen LogP contribution in [0.25, 0.3) is 0 Å². The van der Waals surface area contributed by atoms with Crippen LogP contribution >= 0.6 is 11.6 Å². The third-order valence-corrected chi connectivity index (χ3v) is 5.27. The molecular formula is C18H20ClNO4S. The smallest absolute Gasteiger partial charge is 0.255 e. The lowest BCUT2D eigenvalue weighted by atomic mass is 10.2. The second-order valence-corrected chi connectivity index (χ2v) is 8.24. The summed E-state index contributed by atoms with van der Waals surface area (Å²) in [5, 5.41) is 3.01. The number of hydrogen-bond acceptors (Lipinski definition) is 4. The number of amides is 1. The van der Waals surface area contributed by atoms with E-state index in [4.69, 9.17) is 16.3 Å². The summed E-state index contributed by atoms with van der Waals surface area (Å²) in [7, 11) is -3.45. The SMILES string of the molecule is CC(C)Oc1ccc(Cl)cc1C(=O)NCCS(=O)(=O)c1ccccc1. The van der Waals surface area contributed by atoms with Gasteiger partial charge in [-0.1, -0.05) is 29.8 Å². The molecular weight excluding hydrogens is 362 g/mol. The molecule has 2 aromatic carbocycles. The van der Waals surface area contributed by atoms with Crippen molar-refractivity contribution in [3.05, 3.63) is 59.1 Å². The van der Waals surface area contributed by atoms with Crippen LogP contribution in [0.5, 0.6) is 5.75 Å². The maximum absolute atomic E-state index is 12.4. The van der Waals surface area contributed by atoms with Crippen molar-refractivity contribution in [3.8, 4) is 5.75 Å². The first-order valence-electron chi connectivity index (χ1n) is 7.82. The molecule has 0 saturated heterocycles. The Kier molecular flexibility index (Phi) is 6.45. The summed E-state index contributed by atoms with van der Waals surface area (Å²) >= 11 is 5.95. The topological polar surface area (TPSA) is 72.5 Å². The van der Waals surface area contributed by atoms with Crippen molar-refractivity contribution in [3.63, 3.8) is 0 Å². The fraction of sp³-hybridized carbons (Fsp3) is 0.278. The van der Waals surface area contributed by atoms with E-state index in [0.29, 0.717) is 10.8 Å². The Morgan fingerprint density at radius 1 is 1.16 bits per heavy atom. The lowest BCUT2D eigenvalue weighted by molar-refractivity contribution is 0.0950. The quantitative estimate of drug-likeness (QED) is 0.798. The molecule has 0 spiro atoms. The third kappa shape index (κ3) is 5.47. The number of benzene rings is 2. The summed E-state index contributed by atoms with van der Waals surface area (Å²) in [5.74, 6) is -0.215. The Labute approximate surface area is 152 Å². The number of hydrogen-bond donors (Lipinski definition) is 1. The first-order valence-corrected chi connectivity index (χ1v) is 9.85. The number of nitrogens with one attached hydrogen (secondary N) is 1. The fourth-order valence-corrected chi connectivity index (χ4v) is 3.53. The van der Waals surface area contributed by atoms with Crippen LogP contribution in [0, 0.1) is 0 Å². The second kappa shape index (κ2) is 8.36. The van der Waals surface area contributed by atoms with Gasteiger partial charge in [0.05, 0.1) is 22.3 Å². The summed E-state index contributed by atoms with van der Waals surface area (Å²) in [5.41, 5.74) is 0.276. The van der Waals surface area contributed by atoms with E-state index in [1.54, 1.807) is 30.3 Å². The van der Waals surface area contributed by atoms with Gasteiger partial charge in [-0.05, 0) is 44.2 Å². The van der Waals surface area contributed by atoms with E-state index < -0.39 is 15.7 Å². The van der Waals surface area contributed by atoms with Gasteiger partial charge in [-0.3, -0.25) is 4.79 Å². The standard InChI is InChI=1S/C18H20ClNO4S/c1-13(2)24-17-9-8-14(19)12-16(17)18(21)20-10-11-25(22,23)15-6-4-3-5-7-15/h3-9,12-13H,10-11H2,1-2H3,(H,20,21). The van der Waals surface area contributed by atoms with Gasteiger partial charge in [0.25, 0.3) is 5.91 Å². The van der Waals surface area contributed by atoms with E-state index in [0.717, 1.165) is 0 Å². The second-order valence-electron chi connectivity index (χ2n) is 5.69. The minimum Gasteiger partial charge on any atom is -0.490 e. The Hall–Kier alpha value is -2.05. The molecule has 0 fully saturated rings.